The predicted octanol–water partition coefficient (Wildman–Crippen LogP) is 2.59. The van der Waals surface area contributed by atoms with Crippen LogP contribution < -0.4 is 4.90 Å². The Morgan fingerprint density at radius 1 is 1.34 bits per heavy atom. The van der Waals surface area contributed by atoms with E-state index in [4.69, 9.17) is 21.1 Å². The Labute approximate surface area is 210 Å². The van der Waals surface area contributed by atoms with E-state index in [0.717, 1.165) is 0 Å². The third kappa shape index (κ3) is 3.70. The van der Waals surface area contributed by atoms with Crippen molar-refractivity contribution in [1.29, 1.82) is 0 Å². The van der Waals surface area contributed by atoms with E-state index >= 15 is 0 Å². The summed E-state index contributed by atoms with van der Waals surface area (Å²) < 4.78 is 12.0. The van der Waals surface area contributed by atoms with Gasteiger partial charge in [-0.1, -0.05) is 49.4 Å². The van der Waals surface area contributed by atoms with Crippen LogP contribution in [0.1, 0.15) is 20.3 Å². The Balaban J connectivity index is 1.82. The van der Waals surface area contributed by atoms with E-state index in [-0.39, 0.29) is 32.2 Å². The number of aliphatic hydroxyl groups is 1. The number of hydrogen-bond acceptors (Lipinski definition) is 6. The van der Waals surface area contributed by atoms with Crippen LogP contribution in [0.2, 0.25) is 5.02 Å². The van der Waals surface area contributed by atoms with Gasteiger partial charge in [-0.05, 0) is 31.4 Å². The molecule has 3 heterocycles. The summed E-state index contributed by atoms with van der Waals surface area (Å²) in [6.07, 6.45) is 3.45. The Morgan fingerprint density at radius 3 is 2.69 bits per heavy atom. The molecule has 0 radical (unpaired) electrons. The summed E-state index contributed by atoms with van der Waals surface area (Å²) in [5.74, 6) is -3.26. The van der Waals surface area contributed by atoms with Crippen molar-refractivity contribution in [2.45, 2.75) is 37.5 Å². The van der Waals surface area contributed by atoms with E-state index in [0.29, 0.717) is 17.1 Å². The fourth-order valence-electron chi connectivity index (χ4n) is 6.21. The molecule has 4 rings (SSSR count). The summed E-state index contributed by atoms with van der Waals surface area (Å²) >= 11 is 6.43. The number of aliphatic hydroxyl groups excluding tert-OH is 1. The molecule has 3 unspecified atom stereocenters. The molecule has 8 nitrogen and oxygen atoms in total. The number of carbonyl (C=O) groups is 3. The lowest BCUT2D eigenvalue weighted by Crippen LogP contribution is -2.57. The van der Waals surface area contributed by atoms with E-state index in [2.05, 4.69) is 13.2 Å². The first-order valence-electron chi connectivity index (χ1n) is 11.7. The number of amides is 2. The van der Waals surface area contributed by atoms with Crippen LogP contribution in [-0.2, 0) is 23.9 Å². The quantitative estimate of drug-likeness (QED) is 0.412. The molecule has 3 fully saturated rings. The third-order valence-corrected chi connectivity index (χ3v) is 8.03. The van der Waals surface area contributed by atoms with E-state index < -0.39 is 46.9 Å². The second-order valence-corrected chi connectivity index (χ2v) is 9.97. The molecule has 1 aromatic carbocycles. The normalized spacial score (nSPS) is 32.9. The van der Waals surface area contributed by atoms with Crippen molar-refractivity contribution in [3.63, 3.8) is 0 Å². The standard InChI is InChI=1S/C26H31ClN2O6/c1-5-11-28(18-10-8-7-9-17(18)27)23(32)21-26-15-16(3)25(4,35-26)20(24(33)34-14-6-2)19(26)22(31)29(21)12-13-30/h5-10,16,19-21,30H,1-2,11-15H2,3-4H3/t16?,19-,20+,21?,25-,26?/m0/s1. The second-order valence-electron chi connectivity index (χ2n) is 9.57. The summed E-state index contributed by atoms with van der Waals surface area (Å²) in [7, 11) is 0. The summed E-state index contributed by atoms with van der Waals surface area (Å²) in [5.41, 5.74) is -1.74. The Kier molecular flexibility index (Phi) is 6.83. The number of benzene rings is 1. The van der Waals surface area contributed by atoms with Crippen LogP contribution in [0.15, 0.2) is 49.6 Å². The summed E-state index contributed by atoms with van der Waals surface area (Å²) in [5, 5.41) is 10.1. The molecule has 35 heavy (non-hydrogen) atoms. The molecular weight excluding hydrogens is 472 g/mol. The monoisotopic (exact) mass is 502 g/mol. The number of likely N-dealkylation sites (tertiary alicyclic amines) is 1. The first kappa shape index (κ1) is 25.4. The molecular formula is C26H31ClN2O6. The number of fused-ring (bicyclic) bond motifs is 1. The zero-order chi connectivity index (χ0) is 25.5. The van der Waals surface area contributed by atoms with Crippen molar-refractivity contribution in [3.05, 3.63) is 54.6 Å². The molecule has 0 saturated carbocycles. The molecule has 9 heteroatoms. The van der Waals surface area contributed by atoms with Gasteiger partial charge in [0.1, 0.15) is 24.2 Å². The lowest BCUT2D eigenvalue weighted by atomic mass is 9.62. The fraction of sp³-hybridized carbons (Fsp3) is 0.500. The van der Waals surface area contributed by atoms with Gasteiger partial charge in [-0.25, -0.2) is 0 Å². The van der Waals surface area contributed by atoms with E-state index in [1.807, 2.05) is 13.8 Å². The zero-order valence-corrected chi connectivity index (χ0v) is 20.7. The smallest absolute Gasteiger partial charge is 0.313 e. The molecule has 1 aromatic rings. The topological polar surface area (TPSA) is 96.4 Å². The largest absolute Gasteiger partial charge is 0.461 e. The van der Waals surface area contributed by atoms with Gasteiger partial charge in [0.15, 0.2) is 0 Å². The highest BCUT2D eigenvalue weighted by Gasteiger charge is 2.80. The number of ether oxygens (including phenoxy) is 2. The van der Waals surface area contributed by atoms with Crippen LogP contribution in [0, 0.1) is 17.8 Å². The summed E-state index contributed by atoms with van der Waals surface area (Å²) in [4.78, 5) is 44.0. The number of carbonyl (C=O) groups excluding carboxylic acids is 3. The van der Waals surface area contributed by atoms with Gasteiger partial charge in [-0.3, -0.25) is 14.4 Å². The molecule has 0 aliphatic carbocycles. The molecule has 6 atom stereocenters. The van der Waals surface area contributed by atoms with Gasteiger partial charge >= 0.3 is 5.97 Å². The van der Waals surface area contributed by atoms with Crippen molar-refractivity contribution in [2.75, 3.05) is 31.2 Å². The molecule has 3 saturated heterocycles. The van der Waals surface area contributed by atoms with Gasteiger partial charge in [0.25, 0.3) is 5.91 Å². The molecule has 2 bridgehead atoms. The van der Waals surface area contributed by atoms with Gasteiger partial charge in [0.05, 0.1) is 28.8 Å². The van der Waals surface area contributed by atoms with Gasteiger partial charge in [0.2, 0.25) is 5.91 Å². The summed E-state index contributed by atoms with van der Waals surface area (Å²) in [6.45, 7) is 10.9. The molecule has 1 spiro atoms. The molecule has 3 aliphatic heterocycles. The number of esters is 1. The molecule has 1 N–H and O–H groups in total. The molecule has 0 aromatic heterocycles. The average Bonchev–Trinajstić information content (AvgIpc) is 3.33. The van der Waals surface area contributed by atoms with Crippen LogP contribution in [-0.4, -0.2) is 71.3 Å². The lowest BCUT2D eigenvalue weighted by molar-refractivity contribution is -0.160. The predicted molar refractivity (Wildman–Crippen MR) is 131 cm³/mol. The number of para-hydroxylation sites is 1. The highest BCUT2D eigenvalue weighted by molar-refractivity contribution is 6.34. The Morgan fingerprint density at radius 2 is 2.06 bits per heavy atom. The molecule has 2 amide bonds. The number of β-amino-alcohol motifs (C(OH)–C–C–N with tert-alkyl or cyclic N) is 1. The van der Waals surface area contributed by atoms with Crippen LogP contribution in [0.4, 0.5) is 5.69 Å². The van der Waals surface area contributed by atoms with Gasteiger partial charge in [-0.2, -0.15) is 0 Å². The van der Waals surface area contributed by atoms with Gasteiger partial charge in [-0.15, -0.1) is 6.58 Å². The average molecular weight is 503 g/mol. The van der Waals surface area contributed by atoms with Crippen molar-refractivity contribution in [2.24, 2.45) is 17.8 Å². The lowest BCUT2D eigenvalue weighted by Gasteiger charge is -2.37. The van der Waals surface area contributed by atoms with Crippen LogP contribution in [0.25, 0.3) is 0 Å². The Bertz CT molecular complexity index is 1060. The van der Waals surface area contributed by atoms with E-state index in [9.17, 15) is 19.5 Å². The maximum Gasteiger partial charge on any atom is 0.313 e. The molecule has 3 aliphatic rings. The van der Waals surface area contributed by atoms with Crippen LogP contribution in [0.5, 0.6) is 0 Å². The van der Waals surface area contributed by atoms with Crippen LogP contribution >= 0.6 is 11.6 Å². The maximum absolute atomic E-state index is 14.2. The SMILES string of the molecule is C=CCOC(=O)[C@H]1[C@H]2C(=O)N(CCO)C(C(=O)N(CC=C)c3ccccc3Cl)C23CC(C)[C@]1(C)O3. The zero-order valence-electron chi connectivity index (χ0n) is 20.0. The number of nitrogens with zero attached hydrogens (tertiary/aromatic N) is 2. The van der Waals surface area contributed by atoms with Gasteiger partial charge in [0, 0.05) is 13.1 Å². The van der Waals surface area contributed by atoms with Crippen molar-refractivity contribution >= 4 is 35.1 Å². The van der Waals surface area contributed by atoms with E-state index in [1.54, 1.807) is 30.3 Å². The first-order chi connectivity index (χ1) is 16.7. The minimum absolute atomic E-state index is 0.00996. The number of halogens is 1. The fourth-order valence-corrected chi connectivity index (χ4v) is 6.45. The van der Waals surface area contributed by atoms with E-state index in [1.165, 1.54) is 15.9 Å². The number of hydrogen-bond donors (Lipinski definition) is 1. The van der Waals surface area contributed by atoms with Crippen molar-refractivity contribution in [3.8, 4) is 0 Å². The highest BCUT2D eigenvalue weighted by Crippen LogP contribution is 2.65. The molecule has 188 valence electrons. The van der Waals surface area contributed by atoms with Crippen molar-refractivity contribution in [1.82, 2.24) is 4.90 Å². The Hall–Kier alpha value is -2.68. The second kappa shape index (κ2) is 9.41. The minimum atomic E-state index is -1.24. The van der Waals surface area contributed by atoms with Crippen molar-refractivity contribution < 1.29 is 29.0 Å². The van der Waals surface area contributed by atoms with Crippen LogP contribution in [0.3, 0.4) is 0 Å². The first-order valence-corrected chi connectivity index (χ1v) is 12.1. The highest BCUT2D eigenvalue weighted by atomic mass is 35.5. The third-order valence-electron chi connectivity index (χ3n) is 7.71. The van der Waals surface area contributed by atoms with Gasteiger partial charge < -0.3 is 24.4 Å². The minimum Gasteiger partial charge on any atom is -0.461 e. The maximum atomic E-state index is 14.2. The number of rotatable bonds is 9. The number of anilines is 1. The summed E-state index contributed by atoms with van der Waals surface area (Å²) in [6, 6.07) is 5.88.